The first kappa shape index (κ1) is 29.6. The smallest absolute Gasteiger partial charge is 0.166 e. The SMILES string of the molecule is c1ccc(-c2nc(-c3ccccc3-n3c4cccc5c4c4c6c(cccc6ccc43)-c3ccccc3-5)nc(-c3cccc4sc5ccccc5c34)n2)cc1. The second-order valence-electron chi connectivity index (χ2n) is 13.9. The molecule has 4 nitrogen and oxygen atoms in total. The molecule has 250 valence electrons. The number of nitrogens with zero attached hydrogens (tertiary/aromatic N) is 4. The Balaban J connectivity index is 1.17. The number of hydrogen-bond acceptors (Lipinski definition) is 4. The predicted molar refractivity (Wildman–Crippen MR) is 225 cm³/mol. The molecule has 0 saturated heterocycles. The summed E-state index contributed by atoms with van der Waals surface area (Å²) < 4.78 is 4.89. The summed E-state index contributed by atoms with van der Waals surface area (Å²) in [7, 11) is 0. The fourth-order valence-electron chi connectivity index (χ4n) is 8.74. The quantitative estimate of drug-likeness (QED) is 0.183. The number of rotatable bonds is 4. The number of benzene rings is 8. The largest absolute Gasteiger partial charge is 0.308 e. The van der Waals surface area contributed by atoms with Gasteiger partial charge in [-0.25, -0.2) is 15.0 Å². The molecule has 0 N–H and O–H groups in total. The van der Waals surface area contributed by atoms with Crippen molar-refractivity contribution in [2.45, 2.75) is 0 Å². The van der Waals surface area contributed by atoms with Crippen LogP contribution in [0.25, 0.3) is 115 Å². The first-order chi connectivity index (χ1) is 26.8. The zero-order valence-corrected chi connectivity index (χ0v) is 29.7. The van der Waals surface area contributed by atoms with E-state index in [1.165, 1.54) is 64.0 Å². The lowest BCUT2D eigenvalue weighted by molar-refractivity contribution is 1.07. The van der Waals surface area contributed by atoms with Crippen molar-refractivity contribution < 1.29 is 0 Å². The Labute approximate surface area is 314 Å². The van der Waals surface area contributed by atoms with Crippen LogP contribution in [0.3, 0.4) is 0 Å². The van der Waals surface area contributed by atoms with Crippen LogP contribution in [0.5, 0.6) is 0 Å². The zero-order chi connectivity index (χ0) is 35.3. The van der Waals surface area contributed by atoms with Crippen LogP contribution >= 0.6 is 11.3 Å². The summed E-state index contributed by atoms with van der Waals surface area (Å²) in [5.41, 5.74) is 11.3. The standard InChI is InChI=1S/C49H28N4S/c1-2-13-30(14-3-1)47-50-48(52-49(51-47)37-22-12-26-42-44(37)36-19-7-9-25-41(36)54-42)35-18-6-8-23-38(35)53-39-24-11-21-34-32-17-5-4-16-31(32)33-20-10-15-29-27-28-40(53)46(43(29)33)45(34)39/h1-28H. The van der Waals surface area contributed by atoms with Crippen LogP contribution in [0.2, 0.25) is 0 Å². The molecule has 0 bridgehead atoms. The monoisotopic (exact) mass is 704 g/mol. The van der Waals surface area contributed by atoms with Gasteiger partial charge in [0, 0.05) is 47.6 Å². The van der Waals surface area contributed by atoms with Crippen molar-refractivity contribution in [3.05, 3.63) is 170 Å². The molecule has 0 unspecified atom stereocenters. The Hall–Kier alpha value is -6.95. The number of aromatic nitrogens is 4. The molecule has 0 radical (unpaired) electrons. The maximum absolute atomic E-state index is 5.36. The molecule has 3 heterocycles. The van der Waals surface area contributed by atoms with E-state index < -0.39 is 0 Å². The Morgan fingerprint density at radius 1 is 0.352 bits per heavy atom. The molecular weight excluding hydrogens is 677 g/mol. The lowest BCUT2D eigenvalue weighted by Crippen LogP contribution is -2.03. The van der Waals surface area contributed by atoms with Crippen LogP contribution in [0.15, 0.2) is 170 Å². The third-order valence-electron chi connectivity index (χ3n) is 11.0. The molecule has 11 aromatic rings. The van der Waals surface area contributed by atoms with Gasteiger partial charge in [0.15, 0.2) is 17.5 Å². The van der Waals surface area contributed by atoms with Crippen molar-refractivity contribution in [3.8, 4) is 62.1 Å². The van der Waals surface area contributed by atoms with Gasteiger partial charge in [-0.2, -0.15) is 0 Å². The van der Waals surface area contributed by atoms with Crippen LogP contribution in [0.4, 0.5) is 0 Å². The van der Waals surface area contributed by atoms with Gasteiger partial charge in [-0.05, 0) is 69.4 Å². The normalized spacial score (nSPS) is 12.1. The van der Waals surface area contributed by atoms with E-state index in [-0.39, 0.29) is 0 Å². The fraction of sp³-hybridized carbons (Fsp3) is 0. The average Bonchev–Trinajstić information content (AvgIpc) is 3.76. The van der Waals surface area contributed by atoms with Crippen LogP contribution in [0, 0.1) is 0 Å². The highest BCUT2D eigenvalue weighted by atomic mass is 32.1. The lowest BCUT2D eigenvalue weighted by atomic mass is 9.93. The minimum atomic E-state index is 0.635. The molecule has 0 fully saturated rings. The van der Waals surface area contributed by atoms with Gasteiger partial charge in [0.1, 0.15) is 0 Å². The molecule has 1 aliphatic carbocycles. The Morgan fingerprint density at radius 2 is 0.944 bits per heavy atom. The maximum Gasteiger partial charge on any atom is 0.166 e. The third kappa shape index (κ3) is 4.15. The molecule has 0 atom stereocenters. The van der Waals surface area contributed by atoms with Crippen molar-refractivity contribution in [2.24, 2.45) is 0 Å². The van der Waals surface area contributed by atoms with E-state index in [1.54, 1.807) is 11.3 Å². The van der Waals surface area contributed by atoms with Gasteiger partial charge in [0.2, 0.25) is 0 Å². The van der Waals surface area contributed by atoms with Gasteiger partial charge in [0.05, 0.1) is 16.7 Å². The Bertz CT molecular complexity index is 3340. The number of hydrogen-bond donors (Lipinski definition) is 0. The minimum Gasteiger partial charge on any atom is -0.308 e. The van der Waals surface area contributed by atoms with E-state index in [9.17, 15) is 0 Å². The summed E-state index contributed by atoms with van der Waals surface area (Å²) in [5, 5.41) is 7.46. The molecule has 1 aliphatic rings. The van der Waals surface area contributed by atoms with E-state index in [2.05, 4.69) is 156 Å². The number of thiophene rings is 1. The first-order valence-electron chi connectivity index (χ1n) is 18.2. The predicted octanol–water partition coefficient (Wildman–Crippen LogP) is 13.1. The highest BCUT2D eigenvalue weighted by molar-refractivity contribution is 7.25. The van der Waals surface area contributed by atoms with Crippen LogP contribution in [-0.2, 0) is 0 Å². The van der Waals surface area contributed by atoms with Crippen LogP contribution in [0.1, 0.15) is 0 Å². The molecule has 0 amide bonds. The molecule has 0 saturated carbocycles. The van der Waals surface area contributed by atoms with Gasteiger partial charge < -0.3 is 4.57 Å². The van der Waals surface area contributed by atoms with Crippen molar-refractivity contribution in [1.82, 2.24) is 19.5 Å². The molecule has 8 aromatic carbocycles. The van der Waals surface area contributed by atoms with Crippen molar-refractivity contribution >= 4 is 64.1 Å². The summed E-state index contributed by atoms with van der Waals surface area (Å²) in [6.45, 7) is 0. The third-order valence-corrected chi connectivity index (χ3v) is 12.1. The second-order valence-corrected chi connectivity index (χ2v) is 15.0. The Kier molecular flexibility index (Phi) is 6.18. The van der Waals surface area contributed by atoms with Gasteiger partial charge >= 0.3 is 0 Å². The topological polar surface area (TPSA) is 43.6 Å². The Morgan fingerprint density at radius 3 is 1.80 bits per heavy atom. The summed E-state index contributed by atoms with van der Waals surface area (Å²) in [4.78, 5) is 15.8. The van der Waals surface area contributed by atoms with Gasteiger partial charge in [-0.15, -0.1) is 11.3 Å². The molecule has 5 heteroatoms. The van der Waals surface area contributed by atoms with E-state index in [0.717, 1.165) is 33.4 Å². The van der Waals surface area contributed by atoms with E-state index in [1.807, 2.05) is 18.2 Å². The number of para-hydroxylation sites is 1. The molecule has 0 aliphatic heterocycles. The number of fused-ring (bicyclic) bond motifs is 6. The highest BCUT2D eigenvalue weighted by Crippen LogP contribution is 2.50. The lowest BCUT2D eigenvalue weighted by Gasteiger charge is -2.16. The maximum atomic E-state index is 5.36. The summed E-state index contributed by atoms with van der Waals surface area (Å²) >= 11 is 1.80. The summed E-state index contributed by atoms with van der Waals surface area (Å²) in [6, 6.07) is 60.7. The first-order valence-corrected chi connectivity index (χ1v) is 19.0. The van der Waals surface area contributed by atoms with Crippen molar-refractivity contribution in [1.29, 1.82) is 0 Å². The van der Waals surface area contributed by atoms with Gasteiger partial charge in [-0.3, -0.25) is 0 Å². The molecule has 0 spiro atoms. The summed E-state index contributed by atoms with van der Waals surface area (Å²) in [5.74, 6) is 1.94. The molecular formula is C49H28N4S. The average molecular weight is 705 g/mol. The van der Waals surface area contributed by atoms with E-state index in [0.29, 0.717) is 17.5 Å². The zero-order valence-electron chi connectivity index (χ0n) is 28.9. The van der Waals surface area contributed by atoms with Gasteiger partial charge in [-0.1, -0.05) is 133 Å². The molecule has 12 rings (SSSR count). The van der Waals surface area contributed by atoms with Gasteiger partial charge in [0.25, 0.3) is 0 Å². The van der Waals surface area contributed by atoms with E-state index >= 15 is 0 Å². The molecule has 3 aromatic heterocycles. The second kappa shape index (κ2) is 11.3. The summed E-state index contributed by atoms with van der Waals surface area (Å²) in [6.07, 6.45) is 0. The van der Waals surface area contributed by atoms with Crippen LogP contribution in [-0.4, -0.2) is 19.5 Å². The van der Waals surface area contributed by atoms with Crippen molar-refractivity contribution in [2.75, 3.05) is 0 Å². The highest BCUT2D eigenvalue weighted by Gasteiger charge is 2.26. The fourth-order valence-corrected chi connectivity index (χ4v) is 9.87. The van der Waals surface area contributed by atoms with Crippen molar-refractivity contribution in [3.63, 3.8) is 0 Å². The minimum absolute atomic E-state index is 0.635. The molecule has 54 heavy (non-hydrogen) atoms. The van der Waals surface area contributed by atoms with E-state index in [4.69, 9.17) is 15.0 Å². The van der Waals surface area contributed by atoms with Crippen LogP contribution < -0.4 is 0 Å².